The molecule has 4 rings (SSSR count). The van der Waals surface area contributed by atoms with Crippen LogP contribution in [0.25, 0.3) is 5.69 Å². The molecular weight excluding hydrogens is 378 g/mol. The van der Waals surface area contributed by atoms with Crippen molar-refractivity contribution in [1.82, 2.24) is 9.78 Å². The van der Waals surface area contributed by atoms with Crippen molar-refractivity contribution in [2.24, 2.45) is 10.2 Å². The van der Waals surface area contributed by atoms with E-state index in [0.29, 0.717) is 22.6 Å². The second-order valence-electron chi connectivity index (χ2n) is 6.63. The number of nitrogens with one attached hydrogen (secondary N) is 2. The lowest BCUT2D eigenvalue weighted by Crippen LogP contribution is -2.15. The molecule has 0 saturated carbocycles. The minimum absolute atomic E-state index is 0.222. The Morgan fingerprint density at radius 1 is 0.867 bits per heavy atom. The van der Waals surface area contributed by atoms with Gasteiger partial charge in [0.25, 0.3) is 11.5 Å². The van der Waals surface area contributed by atoms with Crippen molar-refractivity contribution in [3.05, 3.63) is 107 Å². The van der Waals surface area contributed by atoms with Crippen molar-refractivity contribution in [3.63, 3.8) is 0 Å². The van der Waals surface area contributed by atoms with Gasteiger partial charge in [0.15, 0.2) is 5.69 Å². The maximum atomic E-state index is 12.8. The van der Waals surface area contributed by atoms with E-state index in [1.54, 1.807) is 31.2 Å². The maximum Gasteiger partial charge on any atom is 0.299 e. The van der Waals surface area contributed by atoms with Crippen LogP contribution < -0.4 is 10.9 Å². The van der Waals surface area contributed by atoms with Gasteiger partial charge in [0, 0.05) is 11.3 Å². The van der Waals surface area contributed by atoms with Crippen molar-refractivity contribution >= 4 is 23.0 Å². The lowest BCUT2D eigenvalue weighted by atomic mass is 10.2. The van der Waals surface area contributed by atoms with E-state index >= 15 is 0 Å². The van der Waals surface area contributed by atoms with Crippen molar-refractivity contribution < 1.29 is 4.79 Å². The molecule has 1 aromatic heterocycles. The number of carbonyl (C=O) groups is 1. The van der Waals surface area contributed by atoms with Gasteiger partial charge in [-0.05, 0) is 55.5 Å². The molecule has 30 heavy (non-hydrogen) atoms. The van der Waals surface area contributed by atoms with Gasteiger partial charge in [-0.15, -0.1) is 5.11 Å². The van der Waals surface area contributed by atoms with Crippen molar-refractivity contribution in [3.8, 4) is 5.69 Å². The first-order chi connectivity index (χ1) is 14.6. The van der Waals surface area contributed by atoms with Crippen LogP contribution in [-0.2, 0) is 0 Å². The summed E-state index contributed by atoms with van der Waals surface area (Å²) in [5, 5.41) is 14.1. The molecule has 2 N–H and O–H groups in total. The van der Waals surface area contributed by atoms with Crippen molar-refractivity contribution in [2.75, 3.05) is 5.32 Å². The standard InChI is InChI=1S/C23H19N5O2/c1-16-21(26-25-19-10-6-3-7-11-19)23(30)28(27-16)20-14-12-17(13-15-20)22(29)24-18-8-4-2-5-9-18/h2-15,27H,1H3,(H,24,29). The topological polar surface area (TPSA) is 91.6 Å². The molecule has 4 aromatic rings. The number of nitrogens with zero attached hydrogens (tertiary/aromatic N) is 3. The minimum Gasteiger partial charge on any atom is -0.322 e. The van der Waals surface area contributed by atoms with Gasteiger partial charge in [-0.25, -0.2) is 4.68 Å². The number of amides is 1. The van der Waals surface area contributed by atoms with Crippen molar-refractivity contribution in [1.29, 1.82) is 0 Å². The van der Waals surface area contributed by atoms with Gasteiger partial charge >= 0.3 is 0 Å². The molecule has 0 spiro atoms. The molecular formula is C23H19N5O2. The maximum absolute atomic E-state index is 12.8. The third-order valence-corrected chi connectivity index (χ3v) is 4.48. The van der Waals surface area contributed by atoms with Gasteiger partial charge in [0.2, 0.25) is 0 Å². The molecule has 7 nitrogen and oxygen atoms in total. The lowest BCUT2D eigenvalue weighted by molar-refractivity contribution is 0.102. The number of hydrogen-bond donors (Lipinski definition) is 2. The molecule has 0 atom stereocenters. The molecule has 7 heteroatoms. The third-order valence-electron chi connectivity index (χ3n) is 4.48. The third kappa shape index (κ3) is 4.10. The van der Waals surface area contributed by atoms with Crippen LogP contribution in [0.4, 0.5) is 17.1 Å². The fraction of sp³-hybridized carbons (Fsp3) is 0.0435. The van der Waals surface area contributed by atoms with Crippen LogP contribution in [0.2, 0.25) is 0 Å². The van der Waals surface area contributed by atoms with Crippen LogP contribution in [-0.4, -0.2) is 15.7 Å². The number of anilines is 1. The highest BCUT2D eigenvalue weighted by Gasteiger charge is 2.13. The average molecular weight is 397 g/mol. The summed E-state index contributed by atoms with van der Waals surface area (Å²) < 4.78 is 1.38. The first-order valence-corrected chi connectivity index (χ1v) is 9.37. The molecule has 0 aliphatic heterocycles. The number of aromatic amines is 1. The van der Waals surface area contributed by atoms with Gasteiger partial charge in [-0.3, -0.25) is 14.7 Å². The molecule has 0 aliphatic rings. The second-order valence-corrected chi connectivity index (χ2v) is 6.63. The molecule has 3 aromatic carbocycles. The molecule has 148 valence electrons. The molecule has 0 fully saturated rings. The van der Waals surface area contributed by atoms with E-state index in [1.165, 1.54) is 4.68 Å². The van der Waals surface area contributed by atoms with E-state index < -0.39 is 0 Å². The fourth-order valence-corrected chi connectivity index (χ4v) is 2.93. The van der Waals surface area contributed by atoms with E-state index in [2.05, 4.69) is 20.6 Å². The van der Waals surface area contributed by atoms with Crippen LogP contribution in [0.3, 0.4) is 0 Å². The summed E-state index contributed by atoms with van der Waals surface area (Å²) in [4.78, 5) is 25.2. The first kappa shape index (κ1) is 19.1. The van der Waals surface area contributed by atoms with E-state index in [-0.39, 0.29) is 17.2 Å². The zero-order chi connectivity index (χ0) is 20.9. The van der Waals surface area contributed by atoms with Crippen LogP contribution in [0.5, 0.6) is 0 Å². The summed E-state index contributed by atoms with van der Waals surface area (Å²) in [6.45, 7) is 1.76. The van der Waals surface area contributed by atoms with Crippen LogP contribution in [0, 0.1) is 6.92 Å². The first-order valence-electron chi connectivity index (χ1n) is 9.37. The molecule has 0 bridgehead atoms. The fourth-order valence-electron chi connectivity index (χ4n) is 2.93. The number of azo groups is 1. The number of benzene rings is 3. The number of aryl methyl sites for hydroxylation is 1. The predicted octanol–water partition coefficient (Wildman–Crippen LogP) is 5.14. The number of H-pyrrole nitrogens is 1. The molecule has 0 unspecified atom stereocenters. The molecule has 0 aliphatic carbocycles. The van der Waals surface area contributed by atoms with Crippen molar-refractivity contribution in [2.45, 2.75) is 6.92 Å². The van der Waals surface area contributed by atoms with Gasteiger partial charge < -0.3 is 5.32 Å². The minimum atomic E-state index is -0.311. The van der Waals surface area contributed by atoms with Gasteiger partial charge in [0.05, 0.1) is 17.1 Å². The Morgan fingerprint density at radius 2 is 1.50 bits per heavy atom. The summed E-state index contributed by atoms with van der Waals surface area (Å²) in [5.41, 5.74) is 3.00. The molecule has 1 amide bonds. The number of rotatable bonds is 5. The van der Waals surface area contributed by atoms with Crippen LogP contribution in [0.1, 0.15) is 16.1 Å². The van der Waals surface area contributed by atoms with E-state index in [9.17, 15) is 9.59 Å². The quantitative estimate of drug-likeness (QED) is 0.456. The lowest BCUT2D eigenvalue weighted by Gasteiger charge is -2.06. The number of aromatic nitrogens is 2. The van der Waals surface area contributed by atoms with E-state index in [0.717, 1.165) is 5.69 Å². The summed E-state index contributed by atoms with van der Waals surface area (Å²) in [7, 11) is 0. The largest absolute Gasteiger partial charge is 0.322 e. The van der Waals surface area contributed by atoms with Gasteiger partial charge in [-0.2, -0.15) is 5.11 Å². The van der Waals surface area contributed by atoms with E-state index in [1.807, 2.05) is 60.7 Å². The van der Waals surface area contributed by atoms with Crippen LogP contribution >= 0.6 is 0 Å². The van der Waals surface area contributed by atoms with E-state index in [4.69, 9.17) is 0 Å². The Kier molecular flexibility index (Phi) is 5.34. The average Bonchev–Trinajstić information content (AvgIpc) is 3.07. The summed E-state index contributed by atoms with van der Waals surface area (Å²) in [5.74, 6) is -0.222. The monoisotopic (exact) mass is 397 g/mol. The smallest absolute Gasteiger partial charge is 0.299 e. The Labute approximate surface area is 172 Å². The number of hydrogen-bond acceptors (Lipinski definition) is 4. The Bertz CT molecular complexity index is 1240. The predicted molar refractivity (Wildman–Crippen MR) is 116 cm³/mol. The summed E-state index contributed by atoms with van der Waals surface area (Å²) >= 11 is 0. The van der Waals surface area contributed by atoms with Gasteiger partial charge in [-0.1, -0.05) is 36.4 Å². The Hall–Kier alpha value is -4.26. The van der Waals surface area contributed by atoms with Gasteiger partial charge in [0.1, 0.15) is 0 Å². The number of carbonyl (C=O) groups excluding carboxylic acids is 1. The molecule has 0 saturated heterocycles. The normalized spacial score (nSPS) is 11.0. The van der Waals surface area contributed by atoms with Crippen LogP contribution in [0.15, 0.2) is 100.0 Å². The zero-order valence-corrected chi connectivity index (χ0v) is 16.2. The highest BCUT2D eigenvalue weighted by atomic mass is 16.1. The molecule has 1 heterocycles. The summed E-state index contributed by atoms with van der Waals surface area (Å²) in [6.07, 6.45) is 0. The number of para-hydroxylation sites is 1. The SMILES string of the molecule is Cc1[nH]n(-c2ccc(C(=O)Nc3ccccc3)cc2)c(=O)c1N=Nc1ccccc1. The Balaban J connectivity index is 1.55. The highest BCUT2D eigenvalue weighted by Crippen LogP contribution is 2.19. The molecule has 0 radical (unpaired) electrons. The highest BCUT2D eigenvalue weighted by molar-refractivity contribution is 6.04. The Morgan fingerprint density at radius 3 is 2.17 bits per heavy atom. The summed E-state index contributed by atoms with van der Waals surface area (Å²) in [6, 6.07) is 25.2. The zero-order valence-electron chi connectivity index (χ0n) is 16.2. The second kappa shape index (κ2) is 8.40.